The Kier molecular flexibility index (Phi) is 24.7. The Hall–Kier alpha value is -5.25. The molecule has 9 rings (SSSR count). The van der Waals surface area contributed by atoms with Gasteiger partial charge in [-0.15, -0.1) is 0 Å². The molecule has 7 aromatic rings. The van der Waals surface area contributed by atoms with Gasteiger partial charge in [-0.2, -0.15) is 0 Å². The van der Waals surface area contributed by atoms with Crippen LogP contribution in [0.2, 0.25) is 0 Å². The van der Waals surface area contributed by atoms with E-state index in [1.807, 2.05) is 0 Å². The average Bonchev–Trinajstić information content (AvgIpc) is 4.48. The first kappa shape index (κ1) is 66.9. The molecule has 2 N–H and O–H groups in total. The van der Waals surface area contributed by atoms with Gasteiger partial charge in [0.15, 0.2) is 0 Å². The summed E-state index contributed by atoms with van der Waals surface area (Å²) in [6, 6.07) is 42.5. The number of nitrogens with zero attached hydrogens (tertiary/aromatic N) is 5. The van der Waals surface area contributed by atoms with Crippen molar-refractivity contribution < 1.29 is 104 Å². The summed E-state index contributed by atoms with van der Waals surface area (Å²) in [6.07, 6.45) is 18.6. The highest BCUT2D eigenvalue weighted by Gasteiger charge is 2.21. The van der Waals surface area contributed by atoms with Gasteiger partial charge in [-0.3, -0.25) is 0 Å². The average molecular weight is 1460 g/mol. The number of quaternary nitrogens is 3. The lowest BCUT2D eigenvalue weighted by Gasteiger charge is -2.23. The maximum absolute atomic E-state index is 6.35. The third-order valence-electron chi connectivity index (χ3n) is 14.7. The molecule has 3 aromatic heterocycles. The second kappa shape index (κ2) is 30.7. The number of unbranched alkanes of at least 4 members (excludes halogenated alkanes) is 7. The number of benzene rings is 4. The van der Waals surface area contributed by atoms with Crippen LogP contribution in [0, 0.1) is 0 Å². The summed E-state index contributed by atoms with van der Waals surface area (Å²) < 4.78 is 27.6. The highest BCUT2D eigenvalue weighted by molar-refractivity contribution is 6.00. The van der Waals surface area contributed by atoms with E-state index >= 15 is 0 Å². The Morgan fingerprint density at radius 2 is 0.578 bits per heavy atom. The standard InChI is InChI=1S/C69H86N7O4.3HI/c1-11-12-13-14-15-16-17-18-46-77-54-27-19-50(20-28-54)66-58-35-37-60(70-58)67(51-21-29-55(30-22-51)78-47-43-74(2,3)4)62-39-41-64(72-62)69(53-25-33-57(34-26-53)80-49-45-76(8,9)10)65-42-40-63(73-65)68(61-38-36-59(66)71-61)52-23-31-56(32-24-52)79-48-44-75(5,6)7;;;/h19-42,70-71H,11-18,43-49H2,1-10H3;3*1H/q+3;;;/p-3. The Balaban J connectivity index is 0.00000369. The topological polar surface area (TPSA) is 94.3 Å². The minimum absolute atomic E-state index is 0. The zero-order chi connectivity index (χ0) is 56.3. The molecule has 0 saturated heterocycles. The second-order valence-corrected chi connectivity index (χ2v) is 24.5. The lowest BCUT2D eigenvalue weighted by Crippen LogP contribution is -3.00. The fourth-order valence-electron chi connectivity index (χ4n) is 10.0. The van der Waals surface area contributed by atoms with E-state index < -0.39 is 0 Å². The monoisotopic (exact) mass is 1460 g/mol. The van der Waals surface area contributed by atoms with Gasteiger partial charge in [0.05, 0.1) is 92.8 Å². The summed E-state index contributed by atoms with van der Waals surface area (Å²) in [5.41, 5.74) is 15.0. The molecule has 0 radical (unpaired) electrons. The molecule has 0 saturated carbocycles. The fourth-order valence-corrected chi connectivity index (χ4v) is 10.0. The largest absolute Gasteiger partial charge is 1.00 e. The number of H-pyrrole nitrogens is 2. The van der Waals surface area contributed by atoms with E-state index in [1.54, 1.807) is 0 Å². The van der Waals surface area contributed by atoms with Crippen LogP contribution >= 0.6 is 0 Å². The van der Waals surface area contributed by atoms with Gasteiger partial charge in [0.2, 0.25) is 0 Å². The highest BCUT2D eigenvalue weighted by Crippen LogP contribution is 2.40. The number of fused-ring (bicyclic) bond motifs is 8. The van der Waals surface area contributed by atoms with Gasteiger partial charge in [-0.25, -0.2) is 9.97 Å². The number of nitrogens with one attached hydrogen (secondary N) is 2. The predicted molar refractivity (Wildman–Crippen MR) is 334 cm³/mol. The van der Waals surface area contributed by atoms with Crippen LogP contribution in [0.5, 0.6) is 23.0 Å². The van der Waals surface area contributed by atoms with Crippen LogP contribution in [0.3, 0.4) is 0 Å². The number of halogens is 3. The van der Waals surface area contributed by atoms with E-state index in [0.29, 0.717) is 26.4 Å². The number of ether oxygens (including phenoxy) is 4. The van der Waals surface area contributed by atoms with Crippen molar-refractivity contribution in [2.75, 3.05) is 109 Å². The van der Waals surface area contributed by atoms with Crippen molar-refractivity contribution in [3.63, 3.8) is 0 Å². The Labute approximate surface area is 545 Å². The summed E-state index contributed by atoms with van der Waals surface area (Å²) >= 11 is 0. The zero-order valence-corrected chi connectivity index (χ0v) is 56.9. The van der Waals surface area contributed by atoms with Crippen molar-refractivity contribution in [2.24, 2.45) is 0 Å². The number of hydrogen-bond donors (Lipinski definition) is 2. The summed E-state index contributed by atoms with van der Waals surface area (Å²) in [7, 11) is 19.6. The van der Waals surface area contributed by atoms with Crippen LogP contribution in [0.4, 0.5) is 0 Å². The molecule has 0 unspecified atom stereocenters. The minimum Gasteiger partial charge on any atom is -1.00 e. The molecular formula is C69H86I3N7O4. The van der Waals surface area contributed by atoms with E-state index in [2.05, 4.69) is 226 Å². The van der Waals surface area contributed by atoms with Crippen molar-refractivity contribution in [1.82, 2.24) is 19.9 Å². The summed E-state index contributed by atoms with van der Waals surface area (Å²) in [6.45, 7) is 7.52. The molecule has 11 nitrogen and oxygen atoms in total. The predicted octanol–water partition coefficient (Wildman–Crippen LogP) is 6.11. The first-order chi connectivity index (χ1) is 38.5. The highest BCUT2D eigenvalue weighted by atomic mass is 127. The van der Waals surface area contributed by atoms with Gasteiger partial charge in [0.25, 0.3) is 0 Å². The minimum atomic E-state index is 0. The van der Waals surface area contributed by atoms with Crippen LogP contribution in [-0.4, -0.2) is 143 Å². The first-order valence-electron chi connectivity index (χ1n) is 29.0. The summed E-state index contributed by atoms with van der Waals surface area (Å²) in [5.74, 6) is 3.36. The smallest absolute Gasteiger partial charge is 0.137 e. The molecule has 0 spiro atoms. The number of rotatable bonds is 26. The maximum atomic E-state index is 6.35. The number of aromatic amines is 2. The molecule has 2 aliphatic heterocycles. The molecule has 0 fully saturated rings. The third-order valence-corrected chi connectivity index (χ3v) is 14.7. The van der Waals surface area contributed by atoms with E-state index in [1.165, 1.54) is 44.9 Å². The molecule has 14 heteroatoms. The molecule has 4 aromatic carbocycles. The van der Waals surface area contributed by atoms with Gasteiger partial charge in [0.1, 0.15) is 62.5 Å². The van der Waals surface area contributed by atoms with E-state index in [-0.39, 0.29) is 71.9 Å². The van der Waals surface area contributed by atoms with Crippen LogP contribution in [0.25, 0.3) is 90.9 Å². The Morgan fingerprint density at radius 3 is 0.904 bits per heavy atom. The van der Waals surface area contributed by atoms with Crippen molar-refractivity contribution in [2.45, 2.75) is 58.3 Å². The number of aromatic nitrogens is 4. The fraction of sp³-hybridized carbons (Fsp3) is 0.362. The lowest BCUT2D eigenvalue weighted by molar-refractivity contribution is -0.870. The van der Waals surface area contributed by atoms with Crippen molar-refractivity contribution in [1.29, 1.82) is 0 Å². The first-order valence-corrected chi connectivity index (χ1v) is 29.0. The molecule has 442 valence electrons. The Bertz CT molecular complexity index is 3260. The molecule has 83 heavy (non-hydrogen) atoms. The van der Waals surface area contributed by atoms with Gasteiger partial charge in [0, 0.05) is 44.3 Å². The van der Waals surface area contributed by atoms with Crippen LogP contribution in [0.1, 0.15) is 81.1 Å². The summed E-state index contributed by atoms with van der Waals surface area (Å²) in [5, 5.41) is 0. The van der Waals surface area contributed by atoms with Gasteiger partial charge in [-0.05, 0) is 126 Å². The lowest BCUT2D eigenvalue weighted by atomic mass is 10.0. The van der Waals surface area contributed by atoms with E-state index in [0.717, 1.165) is 152 Å². The molecular weight excluding hydrogens is 1370 g/mol. The number of hydrogen-bond acceptors (Lipinski definition) is 6. The number of likely N-dealkylation sites (N-methyl/N-ethyl adjacent to an activating group) is 3. The van der Waals surface area contributed by atoms with Gasteiger partial charge in [-0.1, -0.05) is 100 Å². The van der Waals surface area contributed by atoms with Crippen molar-refractivity contribution >= 4 is 46.4 Å². The molecule has 2 aliphatic rings. The van der Waals surface area contributed by atoms with E-state index in [4.69, 9.17) is 28.9 Å². The molecule has 0 aliphatic carbocycles. The van der Waals surface area contributed by atoms with Gasteiger partial charge >= 0.3 is 0 Å². The molecule has 0 atom stereocenters. The SMILES string of the molecule is CCCCCCCCCCOc1ccc(-c2c3ccc([nH]3)c(-c3ccc(OCC[N+](C)(C)C)cc3)c3nc(c(-c4ccc(OCC[N+](C)(C)C)cc4)c4nc(c(-c5ccc(OCC[N+](C)(C)C)cc5)c5ccc2[nH]5)C=C4)C=C3)cc1.[I-].[I-].[I-]. The van der Waals surface area contributed by atoms with Crippen molar-refractivity contribution in [3.8, 4) is 67.5 Å². The second-order valence-electron chi connectivity index (χ2n) is 24.5. The quantitative estimate of drug-likeness (QED) is 0.0387. The van der Waals surface area contributed by atoms with Crippen LogP contribution in [-0.2, 0) is 0 Å². The molecule has 5 heterocycles. The van der Waals surface area contributed by atoms with Crippen molar-refractivity contribution in [3.05, 3.63) is 144 Å². The Morgan fingerprint density at radius 1 is 0.313 bits per heavy atom. The van der Waals surface area contributed by atoms with Crippen LogP contribution in [0.15, 0.2) is 121 Å². The maximum Gasteiger partial charge on any atom is 0.137 e. The zero-order valence-electron chi connectivity index (χ0n) is 50.5. The summed E-state index contributed by atoms with van der Waals surface area (Å²) in [4.78, 5) is 19.0. The van der Waals surface area contributed by atoms with Crippen LogP contribution < -0.4 is 90.9 Å². The molecule has 0 amide bonds. The normalized spacial score (nSPS) is 12.1. The van der Waals surface area contributed by atoms with Gasteiger partial charge < -0.3 is 114 Å². The van der Waals surface area contributed by atoms with E-state index in [9.17, 15) is 0 Å². The third kappa shape index (κ3) is 18.9. The molecule has 8 bridgehead atoms.